The van der Waals surface area contributed by atoms with Crippen LogP contribution in [-0.4, -0.2) is 20.3 Å². The summed E-state index contributed by atoms with van der Waals surface area (Å²) in [5.74, 6) is -1.25. The van der Waals surface area contributed by atoms with E-state index in [2.05, 4.69) is 15.3 Å². The number of halogens is 1. The van der Waals surface area contributed by atoms with E-state index in [-0.39, 0.29) is 12.2 Å². The maximum absolute atomic E-state index is 14.0. The predicted molar refractivity (Wildman–Crippen MR) is 72.8 cm³/mol. The second-order valence-electron chi connectivity index (χ2n) is 4.03. The Kier molecular flexibility index (Phi) is 3.07. The molecule has 0 bridgehead atoms. The van der Waals surface area contributed by atoms with Crippen molar-refractivity contribution in [1.82, 2.24) is 19.7 Å². The van der Waals surface area contributed by atoms with Gasteiger partial charge in [-0.1, -0.05) is 6.07 Å². The van der Waals surface area contributed by atoms with Crippen LogP contribution in [0.2, 0.25) is 0 Å². The van der Waals surface area contributed by atoms with Crippen LogP contribution in [0.5, 0.6) is 0 Å². The number of nitrogen functional groups attached to an aromatic ring is 1. The van der Waals surface area contributed by atoms with Crippen molar-refractivity contribution in [2.45, 2.75) is 6.54 Å². The van der Waals surface area contributed by atoms with Gasteiger partial charge in [0.2, 0.25) is 5.95 Å². The Morgan fingerprint density at radius 2 is 2.35 bits per heavy atom. The molecule has 0 unspecified atom stereocenters. The molecule has 3 aromatic rings. The van der Waals surface area contributed by atoms with E-state index in [0.29, 0.717) is 10.8 Å². The number of hydrogen-bond donors (Lipinski definition) is 2. The molecular formula is C12H10FN5OS. The Morgan fingerprint density at radius 3 is 3.05 bits per heavy atom. The standard InChI is InChI=1S/C12H10FN5OS/c13-10-9(17-8-3-1-2-4-18(8)10)11(19)15-5-7-6-16-12(14)20-7/h1-4,6H,5H2,(H2,14,16)(H,15,19). The van der Waals surface area contributed by atoms with Crippen molar-refractivity contribution in [3.05, 3.63) is 47.1 Å². The van der Waals surface area contributed by atoms with Gasteiger partial charge in [-0.05, 0) is 12.1 Å². The number of nitrogens with zero attached hydrogens (tertiary/aromatic N) is 3. The molecule has 0 aromatic carbocycles. The second-order valence-corrected chi connectivity index (χ2v) is 5.17. The number of thiazole rings is 1. The molecule has 0 aliphatic carbocycles. The Morgan fingerprint density at radius 1 is 1.50 bits per heavy atom. The van der Waals surface area contributed by atoms with Crippen LogP contribution in [-0.2, 0) is 6.54 Å². The molecule has 0 radical (unpaired) electrons. The molecule has 3 N–H and O–H groups in total. The van der Waals surface area contributed by atoms with Gasteiger partial charge in [-0.2, -0.15) is 4.39 Å². The largest absolute Gasteiger partial charge is 0.375 e. The number of imidazole rings is 1. The summed E-state index contributed by atoms with van der Waals surface area (Å²) in [4.78, 5) is 20.6. The molecule has 8 heteroatoms. The summed E-state index contributed by atoms with van der Waals surface area (Å²) >= 11 is 1.27. The fourth-order valence-electron chi connectivity index (χ4n) is 1.77. The number of carbonyl (C=O) groups is 1. The summed E-state index contributed by atoms with van der Waals surface area (Å²) < 4.78 is 15.2. The maximum atomic E-state index is 14.0. The summed E-state index contributed by atoms with van der Waals surface area (Å²) in [6.45, 7) is 0.237. The van der Waals surface area contributed by atoms with Crippen molar-refractivity contribution in [1.29, 1.82) is 0 Å². The fraction of sp³-hybridized carbons (Fsp3) is 0.0833. The van der Waals surface area contributed by atoms with Crippen molar-refractivity contribution in [2.24, 2.45) is 0 Å². The molecule has 3 aromatic heterocycles. The fourth-order valence-corrected chi connectivity index (χ4v) is 2.39. The van der Waals surface area contributed by atoms with E-state index in [9.17, 15) is 9.18 Å². The smallest absolute Gasteiger partial charge is 0.274 e. The Hall–Kier alpha value is -2.48. The molecule has 0 fully saturated rings. The number of carbonyl (C=O) groups excluding carboxylic acids is 1. The first kappa shape index (κ1) is 12.5. The van der Waals surface area contributed by atoms with Gasteiger partial charge in [0.1, 0.15) is 5.65 Å². The molecule has 0 spiro atoms. The third kappa shape index (κ3) is 2.21. The summed E-state index contributed by atoms with van der Waals surface area (Å²) in [6.07, 6.45) is 3.08. The average molecular weight is 291 g/mol. The number of rotatable bonds is 3. The number of amides is 1. The van der Waals surface area contributed by atoms with E-state index < -0.39 is 11.9 Å². The molecule has 1 amide bonds. The zero-order valence-corrected chi connectivity index (χ0v) is 11.0. The average Bonchev–Trinajstić information content (AvgIpc) is 3.01. The summed E-state index contributed by atoms with van der Waals surface area (Å²) in [7, 11) is 0. The second kappa shape index (κ2) is 4.89. The van der Waals surface area contributed by atoms with E-state index in [1.807, 2.05) is 0 Å². The summed E-state index contributed by atoms with van der Waals surface area (Å²) in [6, 6.07) is 5.02. The molecule has 3 rings (SSSR count). The van der Waals surface area contributed by atoms with Gasteiger partial charge >= 0.3 is 0 Å². The first-order valence-electron chi connectivity index (χ1n) is 5.76. The lowest BCUT2D eigenvalue weighted by atomic mass is 10.4. The predicted octanol–water partition coefficient (Wildman–Crippen LogP) is 1.44. The Bertz CT molecular complexity index is 781. The van der Waals surface area contributed by atoms with Gasteiger partial charge < -0.3 is 11.1 Å². The van der Waals surface area contributed by atoms with Gasteiger partial charge in [0, 0.05) is 17.3 Å². The van der Waals surface area contributed by atoms with E-state index in [1.165, 1.54) is 21.9 Å². The van der Waals surface area contributed by atoms with E-state index in [0.717, 1.165) is 4.88 Å². The molecule has 20 heavy (non-hydrogen) atoms. The molecule has 0 saturated carbocycles. The quantitative estimate of drug-likeness (QED) is 0.764. The van der Waals surface area contributed by atoms with Crippen molar-refractivity contribution in [3.63, 3.8) is 0 Å². The van der Waals surface area contributed by atoms with Gasteiger partial charge in [0.25, 0.3) is 5.91 Å². The third-order valence-electron chi connectivity index (χ3n) is 2.68. The summed E-state index contributed by atoms with van der Waals surface area (Å²) in [5.41, 5.74) is 5.65. The molecule has 6 nitrogen and oxygen atoms in total. The van der Waals surface area contributed by atoms with Gasteiger partial charge in [-0.3, -0.25) is 9.20 Å². The lowest BCUT2D eigenvalue weighted by Crippen LogP contribution is -2.23. The first-order chi connectivity index (χ1) is 9.65. The highest BCUT2D eigenvalue weighted by atomic mass is 32.1. The summed E-state index contributed by atoms with van der Waals surface area (Å²) in [5, 5.41) is 3.01. The number of nitrogens with one attached hydrogen (secondary N) is 1. The van der Waals surface area contributed by atoms with Crippen LogP contribution in [0.15, 0.2) is 30.6 Å². The molecule has 102 valence electrons. The highest BCUT2D eigenvalue weighted by Gasteiger charge is 2.18. The molecule has 0 aliphatic rings. The minimum Gasteiger partial charge on any atom is -0.375 e. The van der Waals surface area contributed by atoms with E-state index in [4.69, 9.17) is 5.73 Å². The number of pyridine rings is 1. The van der Waals surface area contributed by atoms with Crippen molar-refractivity contribution in [3.8, 4) is 0 Å². The highest BCUT2D eigenvalue weighted by molar-refractivity contribution is 7.15. The van der Waals surface area contributed by atoms with Crippen LogP contribution < -0.4 is 11.1 Å². The van der Waals surface area contributed by atoms with Gasteiger partial charge in [0.15, 0.2) is 10.8 Å². The molecule has 0 atom stereocenters. The number of nitrogens with two attached hydrogens (primary N) is 1. The molecule has 3 heterocycles. The highest BCUT2D eigenvalue weighted by Crippen LogP contribution is 2.15. The van der Waals surface area contributed by atoms with Crippen LogP contribution in [0.25, 0.3) is 5.65 Å². The number of fused-ring (bicyclic) bond motifs is 1. The normalized spacial score (nSPS) is 10.8. The number of aromatic nitrogens is 3. The zero-order valence-electron chi connectivity index (χ0n) is 10.2. The van der Waals surface area contributed by atoms with Crippen LogP contribution in [0, 0.1) is 5.95 Å². The lowest BCUT2D eigenvalue weighted by molar-refractivity contribution is 0.0942. The van der Waals surface area contributed by atoms with Crippen molar-refractivity contribution >= 4 is 28.0 Å². The maximum Gasteiger partial charge on any atom is 0.274 e. The number of hydrogen-bond acceptors (Lipinski definition) is 5. The number of anilines is 1. The van der Waals surface area contributed by atoms with Crippen LogP contribution in [0.4, 0.5) is 9.52 Å². The van der Waals surface area contributed by atoms with Crippen LogP contribution in [0.3, 0.4) is 0 Å². The monoisotopic (exact) mass is 291 g/mol. The lowest BCUT2D eigenvalue weighted by Gasteiger charge is -2.00. The zero-order chi connectivity index (χ0) is 14.1. The molecule has 0 saturated heterocycles. The van der Waals surface area contributed by atoms with E-state index in [1.54, 1.807) is 24.4 Å². The van der Waals surface area contributed by atoms with Gasteiger partial charge in [-0.25, -0.2) is 9.97 Å². The molecule has 0 aliphatic heterocycles. The Labute approximate surface area is 117 Å². The van der Waals surface area contributed by atoms with Gasteiger partial charge in [-0.15, -0.1) is 11.3 Å². The SMILES string of the molecule is Nc1ncc(CNC(=O)c2nc3ccccn3c2F)s1. The minimum absolute atomic E-state index is 0.228. The topological polar surface area (TPSA) is 85.3 Å². The minimum atomic E-state index is -0.679. The van der Waals surface area contributed by atoms with Crippen molar-refractivity contribution in [2.75, 3.05) is 5.73 Å². The van der Waals surface area contributed by atoms with Crippen molar-refractivity contribution < 1.29 is 9.18 Å². The van der Waals surface area contributed by atoms with Crippen LogP contribution >= 0.6 is 11.3 Å². The van der Waals surface area contributed by atoms with E-state index >= 15 is 0 Å². The first-order valence-corrected chi connectivity index (χ1v) is 6.58. The van der Waals surface area contributed by atoms with Crippen LogP contribution in [0.1, 0.15) is 15.4 Å². The third-order valence-corrected chi connectivity index (χ3v) is 3.51. The molecular weight excluding hydrogens is 281 g/mol. The van der Waals surface area contributed by atoms with Gasteiger partial charge in [0.05, 0.1) is 6.54 Å². The Balaban J connectivity index is 1.80.